The van der Waals surface area contributed by atoms with Gasteiger partial charge in [0.25, 0.3) is 0 Å². The van der Waals surface area contributed by atoms with Crippen LogP contribution in [0.15, 0.2) is 72.8 Å². The number of hydrogen-bond acceptors (Lipinski definition) is 6. The van der Waals surface area contributed by atoms with Crippen LogP contribution in [0.3, 0.4) is 0 Å². The molecule has 0 saturated carbocycles. The zero-order chi connectivity index (χ0) is 36.9. The minimum absolute atomic E-state index is 0. The molecular formula is C41H57Cl4N6S2Zn+. The van der Waals surface area contributed by atoms with Gasteiger partial charge in [-0.05, 0) is 104 Å². The van der Waals surface area contributed by atoms with E-state index in [1.807, 2.05) is 22.7 Å². The van der Waals surface area contributed by atoms with Crippen LogP contribution in [0, 0.1) is 0 Å². The normalized spacial score (nSPS) is 10.1. The maximum atomic E-state index is 4.95. The second kappa shape index (κ2) is 25.2. The Hall–Kier alpha value is -2.10. The Balaban J connectivity index is 0.000000479. The van der Waals surface area contributed by atoms with Crippen molar-refractivity contribution >= 4 is 86.3 Å². The van der Waals surface area contributed by atoms with E-state index in [9.17, 15) is 0 Å². The predicted molar refractivity (Wildman–Crippen MR) is 238 cm³/mol. The number of halogens is 4. The molecule has 6 nitrogen and oxygen atoms in total. The SMILES string of the molecule is C.CCN(CC)c1ccc2nc3ccc(=[N+](CC)CC)cc-3sc2c1.CCN(CC)c1ccc2nc3ccc(=[N+](CC)CC)cc-3sc2c1.Cl.[Cl-].[Cl][Zn][Cl]. The average Bonchev–Trinajstić information content (AvgIpc) is 3.15. The second-order valence-corrected chi connectivity index (χ2v) is 18.6. The molecule has 2 aromatic rings. The van der Waals surface area contributed by atoms with Gasteiger partial charge in [0, 0.05) is 61.8 Å². The van der Waals surface area contributed by atoms with E-state index in [4.69, 9.17) is 29.4 Å². The van der Waals surface area contributed by atoms with Gasteiger partial charge in [0.05, 0.1) is 41.6 Å². The molecular weight excluding hydrogens is 848 g/mol. The summed E-state index contributed by atoms with van der Waals surface area (Å²) in [5.41, 5.74) is 6.89. The number of fused-ring (bicyclic) bond motifs is 4. The number of rotatable bonds is 10. The fraction of sp³-hybridized carbons (Fsp3) is 0.415. The first-order valence-electron chi connectivity index (χ1n) is 18.3. The Morgan fingerprint density at radius 1 is 0.556 bits per heavy atom. The van der Waals surface area contributed by atoms with Crippen LogP contribution in [0.5, 0.6) is 0 Å². The van der Waals surface area contributed by atoms with Crippen molar-refractivity contribution in [3.8, 4) is 21.1 Å². The summed E-state index contributed by atoms with van der Waals surface area (Å²) in [4.78, 5) is 17.0. The molecule has 0 atom stereocenters. The van der Waals surface area contributed by atoms with Gasteiger partial charge >= 0.3 is 34.5 Å². The van der Waals surface area contributed by atoms with Gasteiger partial charge in [0.1, 0.15) is 26.2 Å². The van der Waals surface area contributed by atoms with E-state index in [0.29, 0.717) is 0 Å². The first kappa shape index (κ1) is 49.9. The van der Waals surface area contributed by atoms with Crippen LogP contribution in [0.1, 0.15) is 62.8 Å². The number of hydrogen-bond donors (Lipinski definition) is 0. The molecule has 292 valence electrons. The van der Waals surface area contributed by atoms with Crippen molar-refractivity contribution in [2.75, 3.05) is 62.2 Å². The van der Waals surface area contributed by atoms with Gasteiger partial charge in [0.2, 0.25) is 10.7 Å². The average molecular weight is 905 g/mol. The molecule has 0 bridgehead atoms. The van der Waals surface area contributed by atoms with Crippen molar-refractivity contribution in [1.29, 1.82) is 0 Å². The molecule has 6 rings (SSSR count). The molecule has 13 heteroatoms. The molecule has 0 N–H and O–H groups in total. The molecule has 0 unspecified atom stereocenters. The summed E-state index contributed by atoms with van der Waals surface area (Å²) in [6, 6.07) is 26.5. The van der Waals surface area contributed by atoms with Crippen molar-refractivity contribution in [3.63, 3.8) is 0 Å². The topological polar surface area (TPSA) is 38.3 Å². The molecule has 0 amide bonds. The van der Waals surface area contributed by atoms with Gasteiger partial charge in [-0.3, -0.25) is 0 Å². The van der Waals surface area contributed by atoms with Crippen molar-refractivity contribution in [1.82, 2.24) is 19.1 Å². The third-order valence-electron chi connectivity index (χ3n) is 9.21. The van der Waals surface area contributed by atoms with Crippen molar-refractivity contribution < 1.29 is 27.6 Å². The molecule has 0 spiro atoms. The van der Waals surface area contributed by atoms with E-state index in [0.717, 1.165) is 74.8 Å². The zero-order valence-corrected chi connectivity index (χ0v) is 40.0. The Labute approximate surface area is 359 Å². The first-order valence-corrected chi connectivity index (χ1v) is 27.7. The van der Waals surface area contributed by atoms with E-state index < -0.39 is 15.1 Å². The van der Waals surface area contributed by atoms with Crippen molar-refractivity contribution in [3.05, 3.63) is 83.5 Å². The molecule has 0 aromatic heterocycles. The van der Waals surface area contributed by atoms with E-state index in [1.165, 1.54) is 41.2 Å². The Morgan fingerprint density at radius 3 is 1.19 bits per heavy atom. The summed E-state index contributed by atoms with van der Waals surface area (Å²) in [6.45, 7) is 25.8. The van der Waals surface area contributed by atoms with Crippen LogP contribution in [0.25, 0.3) is 41.6 Å². The second-order valence-electron chi connectivity index (χ2n) is 11.8. The molecule has 54 heavy (non-hydrogen) atoms. The van der Waals surface area contributed by atoms with Crippen LogP contribution in [0.2, 0.25) is 0 Å². The van der Waals surface area contributed by atoms with Gasteiger partial charge in [0.15, 0.2) is 0 Å². The molecule has 4 aliphatic rings. The summed E-state index contributed by atoms with van der Waals surface area (Å²) < 4.78 is 7.26. The Morgan fingerprint density at radius 2 is 0.889 bits per heavy atom. The first-order chi connectivity index (χ1) is 24.8. The van der Waals surface area contributed by atoms with Crippen LogP contribution >= 0.6 is 54.5 Å². The molecule has 2 aromatic carbocycles. The fourth-order valence-electron chi connectivity index (χ4n) is 6.35. The molecule has 0 radical (unpaired) electrons. The van der Waals surface area contributed by atoms with Gasteiger partial charge in [-0.15, -0.1) is 35.1 Å². The zero-order valence-electron chi connectivity index (χ0n) is 32.3. The van der Waals surface area contributed by atoms with Crippen LogP contribution in [0.4, 0.5) is 11.4 Å². The standard InChI is InChI=1S/2C20H26N3S.CH4.4ClH.Zn/c2*1-5-22(6-2)15-9-11-17-19(13-15)24-20-14-16(23(7-3)8-4)10-12-18(20)21-17;;;;;;/h2*9-14H,5-8H2,1-4H3;1H4;4*1H;/q2*+1;;;;;;+2/p-3. The maximum absolute atomic E-state index is 4.95. The number of aromatic nitrogens is 2. The number of benzene rings is 4. The molecule has 0 saturated heterocycles. The quantitative estimate of drug-likeness (QED) is 0.0810. The molecule has 2 aliphatic heterocycles. The Bertz CT molecular complexity index is 1940. The van der Waals surface area contributed by atoms with Gasteiger partial charge in [-0.25, -0.2) is 19.1 Å². The predicted octanol–water partition coefficient (Wildman–Crippen LogP) is 7.56. The van der Waals surface area contributed by atoms with Gasteiger partial charge in [-0.2, -0.15) is 0 Å². The van der Waals surface area contributed by atoms with Crippen LogP contribution in [-0.4, -0.2) is 62.3 Å². The summed E-state index contributed by atoms with van der Waals surface area (Å²) in [5.74, 6) is 0. The number of anilines is 2. The summed E-state index contributed by atoms with van der Waals surface area (Å²) in [6.07, 6.45) is 0. The summed E-state index contributed by atoms with van der Waals surface area (Å²) in [5, 5.41) is 2.56. The van der Waals surface area contributed by atoms with E-state index in [-0.39, 0.29) is 32.2 Å². The monoisotopic (exact) mass is 901 g/mol. The summed E-state index contributed by atoms with van der Waals surface area (Å²) in [7, 11) is 9.90. The van der Waals surface area contributed by atoms with E-state index >= 15 is 0 Å². The van der Waals surface area contributed by atoms with E-state index in [1.54, 1.807) is 0 Å². The number of nitrogens with zero attached hydrogens (tertiary/aromatic N) is 6. The van der Waals surface area contributed by atoms with Crippen molar-refractivity contribution in [2.45, 2.75) is 62.8 Å². The van der Waals surface area contributed by atoms with E-state index in [2.05, 4.69) is 147 Å². The fourth-order valence-corrected chi connectivity index (χ4v) is 8.41. The van der Waals surface area contributed by atoms with Crippen molar-refractivity contribution in [2.24, 2.45) is 0 Å². The van der Waals surface area contributed by atoms with Gasteiger partial charge < -0.3 is 22.2 Å². The molecule has 0 fully saturated rings. The van der Waals surface area contributed by atoms with Crippen LogP contribution in [-0.2, 0) is 15.1 Å². The molecule has 2 heterocycles. The third kappa shape index (κ3) is 12.5. The van der Waals surface area contributed by atoms with Crippen LogP contribution < -0.4 is 42.1 Å². The third-order valence-corrected chi connectivity index (χ3v) is 11.4. The van der Waals surface area contributed by atoms with Gasteiger partial charge in [-0.1, -0.05) is 7.43 Å². The Kier molecular flexibility index (Phi) is 23.3. The summed E-state index contributed by atoms with van der Waals surface area (Å²) >= 11 is 2.75. The minimum atomic E-state index is -0.931. The molecule has 2 aliphatic carbocycles.